The molecule has 0 bridgehead atoms. The number of hydrogen-bond acceptors (Lipinski definition) is 5. The van der Waals surface area contributed by atoms with Gasteiger partial charge >= 0.3 is 0 Å². The van der Waals surface area contributed by atoms with E-state index in [0.29, 0.717) is 19.3 Å². The van der Waals surface area contributed by atoms with Gasteiger partial charge in [0, 0.05) is 0 Å². The molecule has 0 aromatic rings. The number of carbonyl (C=O) groups is 1. The molecule has 1 amide bonds. The van der Waals surface area contributed by atoms with Crippen LogP contribution < -0.4 is 11.1 Å². The van der Waals surface area contributed by atoms with Gasteiger partial charge in [-0.25, -0.2) is 8.42 Å². The van der Waals surface area contributed by atoms with E-state index in [4.69, 9.17) is 10.9 Å². The Bertz CT molecular complexity index is 522. The lowest BCUT2D eigenvalue weighted by Crippen LogP contribution is -2.58. The fourth-order valence-electron chi connectivity index (χ4n) is 3.21. The zero-order chi connectivity index (χ0) is 15.5. The summed E-state index contributed by atoms with van der Waals surface area (Å²) in [5, 5.41) is 15.0. The highest BCUT2D eigenvalue weighted by Crippen LogP contribution is 2.29. The van der Waals surface area contributed by atoms with Gasteiger partial charge in [-0.15, -0.1) is 0 Å². The monoisotopic (exact) mass is 317 g/mol. The molecule has 2 fully saturated rings. The Morgan fingerprint density at radius 3 is 2.33 bits per heavy atom. The van der Waals surface area contributed by atoms with Crippen LogP contribution in [-0.2, 0) is 14.6 Å². The molecule has 21 heavy (non-hydrogen) atoms. The standard InChI is InChI=1S/C13H23N3O4S/c14-12(16-18)13(6-3-1-2-4-7-13)15-11(17)10-5-8-21(19,20)9-10/h10,18H,1-9H2,(H2,14,16)(H,15,17). The first-order chi connectivity index (χ1) is 9.88. The highest BCUT2D eigenvalue weighted by Gasteiger charge is 2.41. The van der Waals surface area contributed by atoms with Crippen molar-refractivity contribution < 1.29 is 18.4 Å². The van der Waals surface area contributed by atoms with E-state index >= 15 is 0 Å². The molecule has 0 aromatic carbocycles. The molecule has 1 aliphatic carbocycles. The van der Waals surface area contributed by atoms with E-state index in [0.717, 1.165) is 25.7 Å². The average Bonchev–Trinajstić information content (AvgIpc) is 2.66. The van der Waals surface area contributed by atoms with Crippen LogP contribution in [0.5, 0.6) is 0 Å². The van der Waals surface area contributed by atoms with Crippen LogP contribution in [0.25, 0.3) is 0 Å². The first-order valence-electron chi connectivity index (χ1n) is 7.39. The molecule has 1 heterocycles. The van der Waals surface area contributed by atoms with Crippen LogP contribution in [0, 0.1) is 5.92 Å². The van der Waals surface area contributed by atoms with Crippen LogP contribution in [-0.4, -0.2) is 42.4 Å². The molecule has 0 aromatic heterocycles. The van der Waals surface area contributed by atoms with Crippen LogP contribution in [0.1, 0.15) is 44.9 Å². The maximum atomic E-state index is 12.4. The largest absolute Gasteiger partial charge is 0.409 e. The van der Waals surface area contributed by atoms with Gasteiger partial charge in [-0.2, -0.15) is 0 Å². The van der Waals surface area contributed by atoms with Gasteiger partial charge in [0.15, 0.2) is 15.7 Å². The molecular weight excluding hydrogens is 294 g/mol. The van der Waals surface area contributed by atoms with Gasteiger partial charge in [-0.3, -0.25) is 4.79 Å². The summed E-state index contributed by atoms with van der Waals surface area (Å²) in [4.78, 5) is 12.4. The molecule has 1 saturated carbocycles. The molecular formula is C13H23N3O4S. The number of amides is 1. The van der Waals surface area contributed by atoms with Crippen LogP contribution in [0.2, 0.25) is 0 Å². The maximum absolute atomic E-state index is 12.4. The van der Waals surface area contributed by atoms with E-state index in [1.165, 1.54) is 0 Å². The highest BCUT2D eigenvalue weighted by atomic mass is 32.2. The van der Waals surface area contributed by atoms with E-state index in [-0.39, 0.29) is 23.2 Å². The molecule has 1 unspecified atom stereocenters. The molecule has 4 N–H and O–H groups in total. The quantitative estimate of drug-likeness (QED) is 0.228. The molecule has 7 nitrogen and oxygen atoms in total. The van der Waals surface area contributed by atoms with Crippen molar-refractivity contribution in [1.82, 2.24) is 5.32 Å². The number of nitrogens with one attached hydrogen (secondary N) is 1. The number of carbonyl (C=O) groups excluding carboxylic acids is 1. The number of sulfone groups is 1. The van der Waals surface area contributed by atoms with Crippen molar-refractivity contribution in [3.05, 3.63) is 0 Å². The molecule has 1 saturated heterocycles. The van der Waals surface area contributed by atoms with Crippen molar-refractivity contribution in [3.63, 3.8) is 0 Å². The number of hydrogen-bond donors (Lipinski definition) is 3. The van der Waals surface area contributed by atoms with Gasteiger partial charge < -0.3 is 16.3 Å². The van der Waals surface area contributed by atoms with Crippen LogP contribution >= 0.6 is 0 Å². The van der Waals surface area contributed by atoms with Gasteiger partial charge in [0.1, 0.15) is 5.54 Å². The maximum Gasteiger partial charge on any atom is 0.224 e. The summed E-state index contributed by atoms with van der Waals surface area (Å²) in [5.74, 6) is -0.864. The molecule has 2 rings (SSSR count). The minimum absolute atomic E-state index is 0.0126. The number of nitrogens with two attached hydrogens (primary N) is 1. The van der Waals surface area contributed by atoms with E-state index in [1.54, 1.807) is 0 Å². The summed E-state index contributed by atoms with van der Waals surface area (Å²) >= 11 is 0. The van der Waals surface area contributed by atoms with E-state index in [2.05, 4.69) is 10.5 Å². The van der Waals surface area contributed by atoms with Crippen molar-refractivity contribution in [2.75, 3.05) is 11.5 Å². The predicted molar refractivity (Wildman–Crippen MR) is 78.7 cm³/mol. The lowest BCUT2D eigenvalue weighted by atomic mass is 9.88. The first-order valence-corrected chi connectivity index (χ1v) is 9.21. The number of oxime groups is 1. The minimum Gasteiger partial charge on any atom is -0.409 e. The third-order valence-corrected chi connectivity index (χ3v) is 6.29. The third kappa shape index (κ3) is 3.66. The van der Waals surface area contributed by atoms with Gasteiger partial charge in [0.05, 0.1) is 17.4 Å². The molecule has 8 heteroatoms. The summed E-state index contributed by atoms with van der Waals surface area (Å²) in [7, 11) is -3.11. The number of nitrogens with zero attached hydrogens (tertiary/aromatic N) is 1. The lowest BCUT2D eigenvalue weighted by molar-refractivity contribution is -0.125. The summed E-state index contributed by atoms with van der Waals surface area (Å²) in [5.41, 5.74) is 4.98. The fraction of sp³-hybridized carbons (Fsp3) is 0.846. The number of amidine groups is 1. The summed E-state index contributed by atoms with van der Waals surface area (Å²) in [6, 6.07) is 0. The average molecular weight is 317 g/mol. The molecule has 2 aliphatic rings. The molecule has 1 aliphatic heterocycles. The second-order valence-corrected chi connectivity index (χ2v) is 8.30. The zero-order valence-electron chi connectivity index (χ0n) is 12.0. The summed E-state index contributed by atoms with van der Waals surface area (Å²) in [6.45, 7) is 0. The lowest BCUT2D eigenvalue weighted by Gasteiger charge is -2.33. The summed E-state index contributed by atoms with van der Waals surface area (Å²) < 4.78 is 23.0. The van der Waals surface area contributed by atoms with Crippen molar-refractivity contribution in [1.29, 1.82) is 0 Å². The van der Waals surface area contributed by atoms with Crippen molar-refractivity contribution in [3.8, 4) is 0 Å². The fourth-order valence-corrected chi connectivity index (χ4v) is 4.95. The van der Waals surface area contributed by atoms with Crippen molar-refractivity contribution in [2.45, 2.75) is 50.5 Å². The Balaban J connectivity index is 2.13. The smallest absolute Gasteiger partial charge is 0.224 e. The van der Waals surface area contributed by atoms with Crippen LogP contribution in [0.15, 0.2) is 5.16 Å². The van der Waals surface area contributed by atoms with Crippen molar-refractivity contribution in [2.24, 2.45) is 16.8 Å². The second-order valence-electron chi connectivity index (χ2n) is 6.07. The molecule has 0 radical (unpaired) electrons. The van der Waals surface area contributed by atoms with E-state index in [1.807, 2.05) is 0 Å². The Morgan fingerprint density at radius 2 is 1.86 bits per heavy atom. The zero-order valence-corrected chi connectivity index (χ0v) is 12.9. The van der Waals surface area contributed by atoms with E-state index < -0.39 is 21.3 Å². The Kier molecular flexibility index (Phi) is 4.75. The van der Waals surface area contributed by atoms with Crippen LogP contribution in [0.4, 0.5) is 0 Å². The molecule has 0 spiro atoms. The number of rotatable bonds is 3. The minimum atomic E-state index is -3.11. The normalized spacial score (nSPS) is 28.8. The Labute approximate surface area is 124 Å². The van der Waals surface area contributed by atoms with E-state index in [9.17, 15) is 13.2 Å². The molecule has 120 valence electrons. The van der Waals surface area contributed by atoms with Crippen LogP contribution in [0.3, 0.4) is 0 Å². The highest BCUT2D eigenvalue weighted by molar-refractivity contribution is 7.91. The van der Waals surface area contributed by atoms with Gasteiger partial charge in [0.25, 0.3) is 0 Å². The topological polar surface area (TPSA) is 122 Å². The van der Waals surface area contributed by atoms with Gasteiger partial charge in [-0.05, 0) is 19.3 Å². The van der Waals surface area contributed by atoms with Gasteiger partial charge in [0.2, 0.25) is 5.91 Å². The summed E-state index contributed by atoms with van der Waals surface area (Å²) in [6.07, 6.45) is 5.46. The first kappa shape index (κ1) is 16.1. The molecule has 1 atom stereocenters. The van der Waals surface area contributed by atoms with Gasteiger partial charge in [-0.1, -0.05) is 30.8 Å². The second kappa shape index (κ2) is 6.21. The SMILES string of the molecule is NC(=NO)C1(NC(=O)C2CCS(=O)(=O)C2)CCCCCC1. The Hall–Kier alpha value is -1.31. The van der Waals surface area contributed by atoms with Crippen molar-refractivity contribution >= 4 is 21.6 Å². The Morgan fingerprint density at radius 1 is 1.24 bits per heavy atom. The third-order valence-electron chi connectivity index (χ3n) is 4.52. The predicted octanol–water partition coefficient (Wildman–Crippen LogP) is 0.377.